The van der Waals surface area contributed by atoms with Crippen molar-refractivity contribution >= 4 is 5.97 Å². The van der Waals surface area contributed by atoms with E-state index in [9.17, 15) is 19.3 Å². The molecular formula is C11H12FNO4. The highest BCUT2D eigenvalue weighted by molar-refractivity contribution is 5.89. The Bertz CT molecular complexity index is 422. The Balaban J connectivity index is 2.75. The minimum atomic E-state index is -1.27. The summed E-state index contributed by atoms with van der Waals surface area (Å²) in [6, 6.07) is 4.97. The Kier molecular flexibility index (Phi) is 4.56. The number of benzene rings is 1. The summed E-state index contributed by atoms with van der Waals surface area (Å²) in [5.41, 5.74) is 0.591. The van der Waals surface area contributed by atoms with Crippen molar-refractivity contribution in [3.63, 3.8) is 0 Å². The lowest BCUT2D eigenvalue weighted by atomic mass is 10.0. The van der Waals surface area contributed by atoms with Gasteiger partial charge in [-0.1, -0.05) is 18.2 Å². The fraction of sp³-hybridized carbons (Fsp3) is 0.364. The number of carbonyl (C=O) groups is 1. The van der Waals surface area contributed by atoms with Gasteiger partial charge in [-0.15, -0.1) is 0 Å². The number of hydrogen-bond donors (Lipinski definition) is 1. The maximum Gasteiger partial charge on any atom is 0.335 e. The molecule has 0 fully saturated rings. The second-order valence-corrected chi connectivity index (χ2v) is 3.59. The van der Waals surface area contributed by atoms with E-state index in [2.05, 4.69) is 0 Å². The van der Waals surface area contributed by atoms with E-state index in [0.29, 0.717) is 5.56 Å². The average Bonchev–Trinajstić information content (AvgIpc) is 2.29. The zero-order valence-electron chi connectivity index (χ0n) is 9.01. The molecule has 0 saturated heterocycles. The molecule has 0 saturated carbocycles. The number of hydrogen-bond acceptors (Lipinski definition) is 3. The maximum absolute atomic E-state index is 12.3. The van der Waals surface area contributed by atoms with Gasteiger partial charge in [-0.25, -0.2) is 9.18 Å². The zero-order chi connectivity index (χ0) is 12.8. The smallest absolute Gasteiger partial charge is 0.335 e. The third kappa shape index (κ3) is 3.51. The summed E-state index contributed by atoms with van der Waals surface area (Å²) in [5.74, 6) is -1.08. The van der Waals surface area contributed by atoms with Crippen molar-refractivity contribution in [3.05, 3.63) is 45.5 Å². The van der Waals surface area contributed by atoms with Crippen molar-refractivity contribution in [2.75, 3.05) is 6.67 Å². The largest absolute Gasteiger partial charge is 0.478 e. The van der Waals surface area contributed by atoms with E-state index in [0.717, 1.165) is 0 Å². The Hall–Kier alpha value is -1.98. The second-order valence-electron chi connectivity index (χ2n) is 3.59. The molecule has 0 heterocycles. The lowest BCUT2D eigenvalue weighted by molar-refractivity contribution is -0.524. The van der Waals surface area contributed by atoms with Crippen molar-refractivity contribution in [2.24, 2.45) is 0 Å². The number of rotatable bonds is 6. The van der Waals surface area contributed by atoms with Gasteiger partial charge in [0.1, 0.15) is 0 Å². The Labute approximate surface area is 97.0 Å². The van der Waals surface area contributed by atoms with Crippen LogP contribution >= 0.6 is 0 Å². The highest BCUT2D eigenvalue weighted by Crippen LogP contribution is 2.13. The normalized spacial score (nSPS) is 12.1. The van der Waals surface area contributed by atoms with E-state index in [1.165, 1.54) is 6.07 Å². The van der Waals surface area contributed by atoms with E-state index in [1.54, 1.807) is 18.2 Å². The fourth-order valence-electron chi connectivity index (χ4n) is 1.51. The Morgan fingerprint density at radius 3 is 2.65 bits per heavy atom. The first-order valence-corrected chi connectivity index (χ1v) is 5.07. The third-order valence-electron chi connectivity index (χ3n) is 2.47. The molecule has 1 aromatic carbocycles. The first-order valence-electron chi connectivity index (χ1n) is 5.07. The lowest BCUT2D eigenvalue weighted by Gasteiger charge is -2.07. The molecule has 6 heteroatoms. The summed E-state index contributed by atoms with van der Waals surface area (Å²) >= 11 is 0. The van der Waals surface area contributed by atoms with E-state index < -0.39 is 23.6 Å². The van der Waals surface area contributed by atoms with Crippen molar-refractivity contribution in [1.82, 2.24) is 0 Å². The molecule has 17 heavy (non-hydrogen) atoms. The molecular weight excluding hydrogens is 229 g/mol. The molecule has 0 radical (unpaired) electrons. The number of aromatic carboxylic acids is 1. The van der Waals surface area contributed by atoms with Crippen molar-refractivity contribution in [2.45, 2.75) is 18.9 Å². The molecule has 0 aromatic heterocycles. The van der Waals surface area contributed by atoms with Crippen LogP contribution in [0.1, 0.15) is 22.3 Å². The van der Waals surface area contributed by atoms with E-state index >= 15 is 0 Å². The van der Waals surface area contributed by atoms with Gasteiger partial charge in [0.15, 0.2) is 6.67 Å². The summed E-state index contributed by atoms with van der Waals surface area (Å²) in [6.45, 7) is -1.04. The number of nitro groups is 1. The molecule has 0 spiro atoms. The van der Waals surface area contributed by atoms with Crippen LogP contribution < -0.4 is 0 Å². The molecule has 0 amide bonds. The number of alkyl halides is 1. The molecule has 0 aliphatic rings. The number of halogens is 1. The molecule has 0 aliphatic heterocycles. The van der Waals surface area contributed by atoms with Gasteiger partial charge in [-0.3, -0.25) is 10.1 Å². The summed E-state index contributed by atoms with van der Waals surface area (Å²) in [4.78, 5) is 20.6. The summed E-state index contributed by atoms with van der Waals surface area (Å²) in [6.07, 6.45) is 0.172. The van der Waals surface area contributed by atoms with Crippen molar-refractivity contribution < 1.29 is 19.2 Å². The zero-order valence-corrected chi connectivity index (χ0v) is 9.01. The molecule has 5 nitrogen and oxygen atoms in total. The van der Waals surface area contributed by atoms with Crippen LogP contribution in [0.15, 0.2) is 24.3 Å². The van der Waals surface area contributed by atoms with Gasteiger partial charge < -0.3 is 5.11 Å². The molecule has 92 valence electrons. The predicted octanol–water partition coefficient (Wildman–Crippen LogP) is 1.93. The average molecular weight is 241 g/mol. The van der Waals surface area contributed by atoms with Gasteiger partial charge in [-0.2, -0.15) is 0 Å². The van der Waals surface area contributed by atoms with E-state index in [1.807, 2.05) is 0 Å². The van der Waals surface area contributed by atoms with Crippen molar-refractivity contribution in [3.8, 4) is 0 Å². The molecule has 1 atom stereocenters. The summed E-state index contributed by atoms with van der Waals surface area (Å²) < 4.78 is 12.3. The van der Waals surface area contributed by atoms with E-state index in [4.69, 9.17) is 5.11 Å². The van der Waals surface area contributed by atoms with Gasteiger partial charge in [0.25, 0.3) is 0 Å². The Morgan fingerprint density at radius 2 is 2.12 bits per heavy atom. The molecule has 0 bridgehead atoms. The first-order chi connectivity index (χ1) is 8.06. The fourth-order valence-corrected chi connectivity index (χ4v) is 1.51. The maximum atomic E-state index is 12.3. The minimum absolute atomic E-state index is 0.00616. The van der Waals surface area contributed by atoms with E-state index in [-0.39, 0.29) is 18.4 Å². The van der Waals surface area contributed by atoms with Gasteiger partial charge in [-0.05, 0) is 18.1 Å². The minimum Gasteiger partial charge on any atom is -0.478 e. The SMILES string of the molecule is O=C(O)c1ccccc1CCC(CF)[N+](=O)[O-]. The summed E-state index contributed by atoms with van der Waals surface area (Å²) in [7, 11) is 0. The van der Waals surface area contributed by atoms with Crippen LogP contribution in [0.3, 0.4) is 0 Å². The van der Waals surface area contributed by atoms with Gasteiger partial charge in [0.2, 0.25) is 6.04 Å². The van der Waals surface area contributed by atoms with Crippen LogP contribution in [-0.4, -0.2) is 28.7 Å². The molecule has 0 aliphatic carbocycles. The van der Waals surface area contributed by atoms with Crippen LogP contribution in [0.4, 0.5) is 4.39 Å². The van der Waals surface area contributed by atoms with Crippen LogP contribution in [0, 0.1) is 10.1 Å². The van der Waals surface area contributed by atoms with Gasteiger partial charge >= 0.3 is 5.97 Å². The highest BCUT2D eigenvalue weighted by Gasteiger charge is 2.20. The Morgan fingerprint density at radius 1 is 1.47 bits per heavy atom. The second kappa shape index (κ2) is 5.93. The number of carboxylic acids is 1. The molecule has 1 unspecified atom stereocenters. The summed E-state index contributed by atoms with van der Waals surface area (Å²) in [5, 5.41) is 19.3. The lowest BCUT2D eigenvalue weighted by Crippen LogP contribution is -2.22. The number of carboxylic acid groups (broad SMARTS) is 1. The van der Waals surface area contributed by atoms with Crippen molar-refractivity contribution in [1.29, 1.82) is 0 Å². The van der Waals surface area contributed by atoms with Crippen LogP contribution in [0.2, 0.25) is 0 Å². The van der Waals surface area contributed by atoms with Crippen LogP contribution in [-0.2, 0) is 6.42 Å². The quantitative estimate of drug-likeness (QED) is 0.609. The van der Waals surface area contributed by atoms with Crippen LogP contribution in [0.5, 0.6) is 0 Å². The number of aryl methyl sites for hydroxylation is 1. The highest BCUT2D eigenvalue weighted by atomic mass is 19.1. The number of nitrogens with zero attached hydrogens (tertiary/aromatic N) is 1. The predicted molar refractivity (Wildman–Crippen MR) is 58.5 cm³/mol. The topological polar surface area (TPSA) is 80.4 Å². The monoisotopic (exact) mass is 241 g/mol. The molecule has 1 aromatic rings. The van der Waals surface area contributed by atoms with Crippen LogP contribution in [0.25, 0.3) is 0 Å². The molecule has 1 rings (SSSR count). The third-order valence-corrected chi connectivity index (χ3v) is 2.47. The first kappa shape index (κ1) is 13.1. The van der Waals surface area contributed by atoms with Gasteiger partial charge in [0, 0.05) is 11.3 Å². The van der Waals surface area contributed by atoms with Gasteiger partial charge in [0.05, 0.1) is 5.56 Å². The molecule has 1 N–H and O–H groups in total. The standard InChI is InChI=1S/C11H12FNO4/c12-7-9(13(16)17)6-5-8-3-1-2-4-10(8)11(14)15/h1-4,9H,5-7H2,(H,14,15).